The largest absolute Gasteiger partial charge is 0.381 e. The molecule has 0 aliphatic carbocycles. The van der Waals surface area contributed by atoms with Gasteiger partial charge in [-0.1, -0.05) is 5.16 Å². The number of piperidine rings is 1. The number of nitrogens with one attached hydrogen (secondary N) is 1. The van der Waals surface area contributed by atoms with E-state index >= 15 is 4.39 Å². The summed E-state index contributed by atoms with van der Waals surface area (Å²) in [5.74, 6) is -2.71. The van der Waals surface area contributed by atoms with Crippen molar-refractivity contribution in [3.05, 3.63) is 34.9 Å². The van der Waals surface area contributed by atoms with Crippen molar-refractivity contribution in [2.45, 2.75) is 70.9 Å². The molecule has 2 fully saturated rings. The van der Waals surface area contributed by atoms with Crippen molar-refractivity contribution in [3.63, 3.8) is 0 Å². The summed E-state index contributed by atoms with van der Waals surface area (Å²) in [7, 11) is 0. The molecule has 0 bridgehead atoms. The van der Waals surface area contributed by atoms with Crippen LogP contribution in [-0.4, -0.2) is 53.5 Å². The van der Waals surface area contributed by atoms with Crippen LogP contribution in [0.5, 0.6) is 0 Å². The molecule has 1 aromatic carbocycles. The molecule has 1 N–H and O–H groups in total. The van der Waals surface area contributed by atoms with Gasteiger partial charge in [-0.25, -0.2) is 18.2 Å². The summed E-state index contributed by atoms with van der Waals surface area (Å²) in [5, 5.41) is 8.02. The van der Waals surface area contributed by atoms with Crippen LogP contribution in [0.3, 0.4) is 0 Å². The van der Waals surface area contributed by atoms with E-state index in [1.54, 1.807) is 13.8 Å². The Bertz CT molecular complexity index is 1230. The predicted molar refractivity (Wildman–Crippen MR) is 131 cm³/mol. The van der Waals surface area contributed by atoms with Crippen LogP contribution in [-0.2, 0) is 10.7 Å². The monoisotopic (exact) mass is 503 g/mol. The molecule has 4 heterocycles. The Balaban J connectivity index is 1.49. The van der Waals surface area contributed by atoms with Gasteiger partial charge in [0.05, 0.1) is 5.56 Å². The van der Waals surface area contributed by atoms with E-state index in [0.717, 1.165) is 58.3 Å². The van der Waals surface area contributed by atoms with Crippen LogP contribution < -0.4 is 10.2 Å². The lowest BCUT2D eigenvalue weighted by molar-refractivity contribution is 0.0173. The highest BCUT2D eigenvalue weighted by Gasteiger charge is 2.31. The SMILES string of the molecule is Cc1noc(-c2c(N3CCC(N[C@@H]4CCCOCC4)CC3)nc3c(F)cc(C(C)(F)F)cc3c2C)n1. The van der Waals surface area contributed by atoms with Crippen LogP contribution in [0.4, 0.5) is 19.0 Å². The van der Waals surface area contributed by atoms with E-state index in [9.17, 15) is 8.78 Å². The molecule has 0 spiro atoms. The minimum Gasteiger partial charge on any atom is -0.381 e. The van der Waals surface area contributed by atoms with Gasteiger partial charge in [0.25, 0.3) is 11.8 Å². The minimum atomic E-state index is -3.18. The smallest absolute Gasteiger partial charge is 0.270 e. The Labute approximate surface area is 208 Å². The first kappa shape index (κ1) is 25.0. The fourth-order valence-electron chi connectivity index (χ4n) is 5.26. The van der Waals surface area contributed by atoms with Crippen LogP contribution >= 0.6 is 0 Å². The van der Waals surface area contributed by atoms with Gasteiger partial charge in [0.2, 0.25) is 0 Å². The van der Waals surface area contributed by atoms with Crippen LogP contribution in [0.2, 0.25) is 0 Å². The number of benzene rings is 1. The Morgan fingerprint density at radius 2 is 1.78 bits per heavy atom. The number of halogens is 3. The third-order valence-corrected chi connectivity index (χ3v) is 7.25. The lowest BCUT2D eigenvalue weighted by Gasteiger charge is -2.36. The Morgan fingerprint density at radius 3 is 2.47 bits per heavy atom. The summed E-state index contributed by atoms with van der Waals surface area (Å²) < 4.78 is 54.3. The average Bonchev–Trinajstić information content (AvgIpc) is 3.09. The molecule has 0 unspecified atom stereocenters. The van der Waals surface area contributed by atoms with Gasteiger partial charge < -0.3 is 19.5 Å². The van der Waals surface area contributed by atoms with E-state index in [0.29, 0.717) is 53.3 Å². The first-order chi connectivity index (χ1) is 17.2. The molecule has 2 aromatic heterocycles. The number of rotatable bonds is 5. The second-order valence-electron chi connectivity index (χ2n) is 9.99. The number of aryl methyl sites for hydroxylation is 2. The standard InChI is InChI=1S/C26H32F3N5O2/c1-15-20-13-17(26(3,28)29)14-21(27)23(20)32-24(22(15)25-30-16(2)33-36-25)34-9-6-19(7-10-34)31-18-5-4-11-35-12-8-18/h13-14,18-19,31H,4-12H2,1-3H3/t18-/m1/s1. The zero-order chi connectivity index (χ0) is 25.4. The number of pyridine rings is 1. The van der Waals surface area contributed by atoms with E-state index in [-0.39, 0.29) is 11.4 Å². The quantitative estimate of drug-likeness (QED) is 0.508. The van der Waals surface area contributed by atoms with Crippen molar-refractivity contribution >= 4 is 16.7 Å². The van der Waals surface area contributed by atoms with Crippen molar-refractivity contribution in [3.8, 4) is 11.5 Å². The van der Waals surface area contributed by atoms with Gasteiger partial charge in [-0.15, -0.1) is 0 Å². The zero-order valence-electron chi connectivity index (χ0n) is 20.9. The lowest BCUT2D eigenvalue weighted by Crippen LogP contribution is -2.46. The molecule has 2 saturated heterocycles. The summed E-state index contributed by atoms with van der Waals surface area (Å²) in [6.45, 7) is 7.28. The van der Waals surface area contributed by atoms with Gasteiger partial charge >= 0.3 is 0 Å². The van der Waals surface area contributed by atoms with Crippen LogP contribution in [0.25, 0.3) is 22.4 Å². The summed E-state index contributed by atoms with van der Waals surface area (Å²) >= 11 is 0. The molecule has 7 nitrogen and oxygen atoms in total. The van der Waals surface area contributed by atoms with Gasteiger partial charge in [-0.3, -0.25) is 0 Å². The third kappa shape index (κ3) is 5.06. The molecule has 194 valence electrons. The van der Waals surface area contributed by atoms with Gasteiger partial charge in [-0.2, -0.15) is 4.98 Å². The van der Waals surface area contributed by atoms with Crippen molar-refractivity contribution in [1.82, 2.24) is 20.4 Å². The van der Waals surface area contributed by atoms with E-state index in [4.69, 9.17) is 9.26 Å². The molecule has 0 radical (unpaired) electrons. The number of nitrogens with zero attached hydrogens (tertiary/aromatic N) is 4. The molecule has 10 heteroatoms. The van der Waals surface area contributed by atoms with E-state index in [2.05, 4.69) is 25.3 Å². The molecule has 2 aliphatic rings. The first-order valence-electron chi connectivity index (χ1n) is 12.6. The number of fused-ring (bicyclic) bond motifs is 1. The van der Waals surface area contributed by atoms with E-state index in [1.165, 1.54) is 6.07 Å². The second-order valence-corrected chi connectivity index (χ2v) is 9.99. The predicted octanol–water partition coefficient (Wildman–Crippen LogP) is 5.28. The van der Waals surface area contributed by atoms with Crippen molar-refractivity contribution in [1.29, 1.82) is 0 Å². The number of aromatic nitrogens is 3. The zero-order valence-corrected chi connectivity index (χ0v) is 20.9. The molecular formula is C26H32F3N5O2. The number of hydrogen-bond acceptors (Lipinski definition) is 7. The fraction of sp³-hybridized carbons (Fsp3) is 0.577. The Kier molecular flexibility index (Phi) is 6.91. The topological polar surface area (TPSA) is 76.3 Å². The lowest BCUT2D eigenvalue weighted by atomic mass is 9.97. The first-order valence-corrected chi connectivity index (χ1v) is 12.6. The third-order valence-electron chi connectivity index (χ3n) is 7.25. The molecule has 1 atom stereocenters. The highest BCUT2D eigenvalue weighted by Crippen LogP contribution is 2.39. The van der Waals surface area contributed by atoms with E-state index in [1.807, 2.05) is 0 Å². The van der Waals surface area contributed by atoms with Gasteiger partial charge in [0.1, 0.15) is 17.2 Å². The highest BCUT2D eigenvalue weighted by molar-refractivity contribution is 5.93. The summed E-state index contributed by atoms with van der Waals surface area (Å²) in [4.78, 5) is 11.2. The molecule has 0 amide bonds. The number of alkyl halides is 2. The Hall–Kier alpha value is -2.72. The van der Waals surface area contributed by atoms with Crippen LogP contribution in [0, 0.1) is 19.7 Å². The summed E-state index contributed by atoms with van der Waals surface area (Å²) in [6.07, 6.45) is 5.01. The molecule has 3 aromatic rings. The van der Waals surface area contributed by atoms with Crippen molar-refractivity contribution in [2.75, 3.05) is 31.2 Å². The van der Waals surface area contributed by atoms with Crippen molar-refractivity contribution in [2.24, 2.45) is 0 Å². The van der Waals surface area contributed by atoms with Crippen molar-refractivity contribution < 1.29 is 22.4 Å². The second kappa shape index (κ2) is 9.97. The van der Waals surface area contributed by atoms with Crippen LogP contribution in [0.15, 0.2) is 16.7 Å². The maximum absolute atomic E-state index is 15.1. The molecular weight excluding hydrogens is 471 g/mol. The van der Waals surface area contributed by atoms with Gasteiger partial charge in [0.15, 0.2) is 5.82 Å². The fourth-order valence-corrected chi connectivity index (χ4v) is 5.26. The normalized spacial score (nSPS) is 20.2. The average molecular weight is 504 g/mol. The number of hydrogen-bond donors (Lipinski definition) is 1. The molecule has 36 heavy (non-hydrogen) atoms. The van der Waals surface area contributed by atoms with Crippen LogP contribution in [0.1, 0.15) is 56.0 Å². The molecule has 0 saturated carbocycles. The number of ether oxygens (including phenoxy) is 1. The summed E-state index contributed by atoms with van der Waals surface area (Å²) in [5.41, 5.74) is 0.816. The molecule has 5 rings (SSSR count). The Morgan fingerprint density at radius 1 is 1.03 bits per heavy atom. The van der Waals surface area contributed by atoms with Gasteiger partial charge in [0, 0.05) is 56.3 Å². The molecule has 2 aliphatic heterocycles. The van der Waals surface area contributed by atoms with E-state index < -0.39 is 17.3 Å². The van der Waals surface area contributed by atoms with Gasteiger partial charge in [-0.05, 0) is 63.6 Å². The highest BCUT2D eigenvalue weighted by atomic mass is 19.3. The minimum absolute atomic E-state index is 0.0641. The maximum Gasteiger partial charge on any atom is 0.270 e. The number of anilines is 1. The maximum atomic E-state index is 15.1. The summed E-state index contributed by atoms with van der Waals surface area (Å²) in [6, 6.07) is 3.03.